The first-order valence-electron chi connectivity index (χ1n) is 5.99. The van der Waals surface area contributed by atoms with Crippen LogP contribution in [0.25, 0.3) is 0 Å². The molecular formula is C13H18N2OS. The summed E-state index contributed by atoms with van der Waals surface area (Å²) in [4.78, 5) is 13.1. The highest BCUT2D eigenvalue weighted by molar-refractivity contribution is 7.98. The van der Waals surface area contributed by atoms with E-state index in [0.717, 1.165) is 18.7 Å². The summed E-state index contributed by atoms with van der Waals surface area (Å²) >= 11 is 1.68. The molecule has 2 rings (SSSR count). The maximum Gasteiger partial charge on any atom is 0.265 e. The molecule has 0 spiro atoms. The lowest BCUT2D eigenvalue weighted by Gasteiger charge is -2.26. The third-order valence-corrected chi connectivity index (χ3v) is 3.71. The molecule has 1 aliphatic heterocycles. The van der Waals surface area contributed by atoms with E-state index in [0.29, 0.717) is 0 Å². The fourth-order valence-corrected chi connectivity index (χ4v) is 2.36. The first-order chi connectivity index (χ1) is 8.29. The second kappa shape index (κ2) is 6.07. The number of carbonyl (C=O) groups is 1. The van der Waals surface area contributed by atoms with Crippen molar-refractivity contribution in [2.24, 2.45) is 0 Å². The fourth-order valence-electron chi connectivity index (χ4n) is 1.96. The van der Waals surface area contributed by atoms with E-state index >= 15 is 0 Å². The largest absolute Gasteiger partial charge is 0.285 e. The van der Waals surface area contributed by atoms with Gasteiger partial charge in [-0.05, 0) is 43.4 Å². The monoisotopic (exact) mass is 250 g/mol. The van der Waals surface area contributed by atoms with E-state index in [4.69, 9.17) is 0 Å². The topological polar surface area (TPSA) is 32.3 Å². The third kappa shape index (κ3) is 3.48. The molecule has 1 aliphatic rings. The molecule has 0 aliphatic carbocycles. The first kappa shape index (κ1) is 12.5. The molecule has 3 nitrogen and oxygen atoms in total. The summed E-state index contributed by atoms with van der Waals surface area (Å²) in [6.45, 7) is 1.93. The highest BCUT2D eigenvalue weighted by Gasteiger charge is 2.13. The third-order valence-electron chi connectivity index (χ3n) is 2.97. The summed E-state index contributed by atoms with van der Waals surface area (Å²) in [5.74, 6) is -0.000414. The second-order valence-electron chi connectivity index (χ2n) is 4.22. The standard InChI is InChI=1S/C13H18N2OS/c1-17-12-7-5-11(6-8-12)13(16)14-15-9-3-2-4-10-15/h5-8H,2-4,9-10H2,1H3,(H,14,16). The Hall–Kier alpha value is -1.00. The van der Waals surface area contributed by atoms with Gasteiger partial charge in [-0.3, -0.25) is 10.2 Å². The smallest absolute Gasteiger partial charge is 0.265 e. The SMILES string of the molecule is CSc1ccc(C(=O)NN2CCCCC2)cc1. The van der Waals surface area contributed by atoms with E-state index in [2.05, 4.69) is 5.43 Å². The summed E-state index contributed by atoms with van der Waals surface area (Å²) in [7, 11) is 0. The predicted molar refractivity (Wildman–Crippen MR) is 71.1 cm³/mol. The van der Waals surface area contributed by atoms with Crippen LogP contribution in [-0.2, 0) is 0 Å². The Morgan fingerprint density at radius 2 is 1.82 bits per heavy atom. The lowest BCUT2D eigenvalue weighted by Crippen LogP contribution is -2.45. The summed E-state index contributed by atoms with van der Waals surface area (Å²) in [6.07, 6.45) is 5.65. The normalized spacial score (nSPS) is 16.8. The number of benzene rings is 1. The Morgan fingerprint density at radius 1 is 1.18 bits per heavy atom. The molecule has 1 fully saturated rings. The molecule has 1 saturated heterocycles. The van der Waals surface area contributed by atoms with E-state index in [9.17, 15) is 4.79 Å². The van der Waals surface area contributed by atoms with Gasteiger partial charge in [-0.25, -0.2) is 5.01 Å². The van der Waals surface area contributed by atoms with Crippen molar-refractivity contribution in [3.63, 3.8) is 0 Å². The van der Waals surface area contributed by atoms with Gasteiger partial charge in [-0.2, -0.15) is 0 Å². The Morgan fingerprint density at radius 3 is 2.41 bits per heavy atom. The van der Waals surface area contributed by atoms with E-state index in [1.807, 2.05) is 35.5 Å². The molecule has 17 heavy (non-hydrogen) atoms. The average molecular weight is 250 g/mol. The van der Waals surface area contributed by atoms with Crippen LogP contribution in [0.5, 0.6) is 0 Å². The minimum Gasteiger partial charge on any atom is -0.285 e. The van der Waals surface area contributed by atoms with Gasteiger partial charge in [0.05, 0.1) is 0 Å². The van der Waals surface area contributed by atoms with Crippen LogP contribution >= 0.6 is 11.8 Å². The van der Waals surface area contributed by atoms with Crippen molar-refractivity contribution < 1.29 is 4.79 Å². The molecular weight excluding hydrogens is 232 g/mol. The summed E-state index contributed by atoms with van der Waals surface area (Å²) in [5.41, 5.74) is 3.69. The zero-order valence-electron chi connectivity index (χ0n) is 10.1. The number of hydrogen-bond acceptors (Lipinski definition) is 3. The number of rotatable bonds is 3. The minimum absolute atomic E-state index is 0.000414. The number of thioether (sulfide) groups is 1. The van der Waals surface area contributed by atoms with E-state index in [-0.39, 0.29) is 5.91 Å². The first-order valence-corrected chi connectivity index (χ1v) is 7.22. The van der Waals surface area contributed by atoms with Gasteiger partial charge < -0.3 is 0 Å². The maximum atomic E-state index is 12.0. The van der Waals surface area contributed by atoms with Crippen LogP contribution in [0.2, 0.25) is 0 Å². The molecule has 1 aromatic carbocycles. The van der Waals surface area contributed by atoms with Gasteiger partial charge in [0, 0.05) is 23.5 Å². The molecule has 0 aromatic heterocycles. The highest BCUT2D eigenvalue weighted by Crippen LogP contribution is 2.15. The quantitative estimate of drug-likeness (QED) is 0.837. The van der Waals surface area contributed by atoms with Gasteiger partial charge in [0.15, 0.2) is 0 Å². The molecule has 4 heteroatoms. The summed E-state index contributed by atoms with van der Waals surface area (Å²) in [6, 6.07) is 7.72. The number of amides is 1. The number of hydrogen-bond donors (Lipinski definition) is 1. The summed E-state index contributed by atoms with van der Waals surface area (Å²) in [5, 5.41) is 2.02. The van der Waals surface area contributed by atoms with Crippen LogP contribution in [-0.4, -0.2) is 30.3 Å². The van der Waals surface area contributed by atoms with Crippen molar-refractivity contribution in [2.45, 2.75) is 24.2 Å². The highest BCUT2D eigenvalue weighted by atomic mass is 32.2. The number of hydrazine groups is 1. The van der Waals surface area contributed by atoms with Gasteiger partial charge in [-0.1, -0.05) is 6.42 Å². The fraction of sp³-hybridized carbons (Fsp3) is 0.462. The molecule has 1 aromatic rings. The zero-order chi connectivity index (χ0) is 12.1. The van der Waals surface area contributed by atoms with Crippen LogP contribution in [0.3, 0.4) is 0 Å². The molecule has 0 saturated carbocycles. The number of nitrogens with zero attached hydrogens (tertiary/aromatic N) is 1. The van der Waals surface area contributed by atoms with Crippen molar-refractivity contribution in [1.82, 2.24) is 10.4 Å². The van der Waals surface area contributed by atoms with Gasteiger partial charge in [0.25, 0.3) is 5.91 Å². The maximum absolute atomic E-state index is 12.0. The van der Waals surface area contributed by atoms with Crippen LogP contribution in [0.1, 0.15) is 29.6 Å². The van der Waals surface area contributed by atoms with Crippen LogP contribution < -0.4 is 5.43 Å². The second-order valence-corrected chi connectivity index (χ2v) is 5.10. The Labute approximate surface area is 107 Å². The van der Waals surface area contributed by atoms with Gasteiger partial charge in [0.1, 0.15) is 0 Å². The van der Waals surface area contributed by atoms with E-state index < -0.39 is 0 Å². The number of nitrogens with one attached hydrogen (secondary N) is 1. The Balaban J connectivity index is 1.93. The minimum atomic E-state index is -0.000414. The van der Waals surface area contributed by atoms with Crippen molar-refractivity contribution in [2.75, 3.05) is 19.3 Å². The number of piperidine rings is 1. The average Bonchev–Trinajstić information content (AvgIpc) is 2.40. The van der Waals surface area contributed by atoms with Crippen molar-refractivity contribution in [3.8, 4) is 0 Å². The predicted octanol–water partition coefficient (Wildman–Crippen LogP) is 2.54. The van der Waals surface area contributed by atoms with Gasteiger partial charge in [-0.15, -0.1) is 11.8 Å². The molecule has 0 atom stereocenters. The molecule has 1 amide bonds. The molecule has 1 N–H and O–H groups in total. The molecule has 0 unspecified atom stereocenters. The lowest BCUT2D eigenvalue weighted by atomic mass is 10.1. The molecule has 0 bridgehead atoms. The Bertz CT molecular complexity index is 372. The van der Waals surface area contributed by atoms with Crippen molar-refractivity contribution >= 4 is 17.7 Å². The van der Waals surface area contributed by atoms with Crippen LogP contribution in [0.15, 0.2) is 29.2 Å². The number of carbonyl (C=O) groups excluding carboxylic acids is 1. The molecule has 0 radical (unpaired) electrons. The van der Waals surface area contributed by atoms with Crippen molar-refractivity contribution in [3.05, 3.63) is 29.8 Å². The van der Waals surface area contributed by atoms with Crippen molar-refractivity contribution in [1.29, 1.82) is 0 Å². The van der Waals surface area contributed by atoms with Crippen LogP contribution in [0.4, 0.5) is 0 Å². The molecule has 1 heterocycles. The Kier molecular flexibility index (Phi) is 4.45. The van der Waals surface area contributed by atoms with E-state index in [1.165, 1.54) is 24.2 Å². The molecule has 92 valence electrons. The van der Waals surface area contributed by atoms with E-state index in [1.54, 1.807) is 11.8 Å². The van der Waals surface area contributed by atoms with Crippen LogP contribution in [0, 0.1) is 0 Å². The summed E-state index contributed by atoms with van der Waals surface area (Å²) < 4.78 is 0. The lowest BCUT2D eigenvalue weighted by molar-refractivity contribution is 0.0750. The zero-order valence-corrected chi connectivity index (χ0v) is 10.9. The van der Waals surface area contributed by atoms with Gasteiger partial charge in [0.2, 0.25) is 0 Å². The van der Waals surface area contributed by atoms with Gasteiger partial charge >= 0.3 is 0 Å².